The molecule has 4 heterocycles. The minimum atomic E-state index is 0.595. The molecule has 1 aliphatic rings. The smallest absolute Gasteiger partial charge is 0.228 e. The monoisotopic (exact) mass is 843 g/mol. The van der Waals surface area contributed by atoms with Gasteiger partial charge in [0.1, 0.15) is 5.69 Å². The number of rotatable bonds is 6. The van der Waals surface area contributed by atoms with E-state index in [9.17, 15) is 0 Å². The quantitative estimate of drug-likeness (QED) is 0.156. The van der Waals surface area contributed by atoms with Crippen molar-refractivity contribution in [2.45, 2.75) is 6.92 Å². The molecule has 0 unspecified atom stereocenters. The first kappa shape index (κ1) is 38.7. The van der Waals surface area contributed by atoms with E-state index in [1.165, 1.54) is 5.39 Å². The number of allylic oxidation sites excluding steroid dienone is 2. The Hall–Kier alpha value is -8.96. The fraction of sp³-hybridized carbons (Fsp3) is 0.0167. The van der Waals surface area contributed by atoms with Gasteiger partial charge in [-0.05, 0) is 112 Å². The lowest BCUT2D eigenvalue weighted by Crippen LogP contribution is -2.45. The van der Waals surface area contributed by atoms with Gasteiger partial charge < -0.3 is 0 Å². The Morgan fingerprint density at radius 3 is 1.83 bits per heavy atom. The number of nitrogens with zero attached hydrogens (tertiary/aromatic N) is 6. The van der Waals surface area contributed by atoms with E-state index in [2.05, 4.69) is 187 Å². The molecule has 66 heavy (non-hydrogen) atoms. The van der Waals surface area contributed by atoms with E-state index in [0.29, 0.717) is 22.8 Å². The number of hydrogen-bond donors (Lipinski definition) is 0. The van der Waals surface area contributed by atoms with Crippen LogP contribution in [0.2, 0.25) is 0 Å². The molecule has 6 heteroatoms. The van der Waals surface area contributed by atoms with E-state index in [0.717, 1.165) is 94.4 Å². The number of aromatic nitrogens is 6. The summed E-state index contributed by atoms with van der Waals surface area (Å²) < 4.78 is 2.06. The Balaban J connectivity index is 1.12. The zero-order valence-corrected chi connectivity index (χ0v) is 36.0. The van der Waals surface area contributed by atoms with Crippen LogP contribution in [0.1, 0.15) is 12.6 Å². The molecule has 12 rings (SSSR count). The second-order valence-electron chi connectivity index (χ2n) is 16.5. The molecule has 0 fully saturated rings. The van der Waals surface area contributed by atoms with Crippen molar-refractivity contribution >= 4 is 49.8 Å². The van der Waals surface area contributed by atoms with Crippen molar-refractivity contribution < 1.29 is 4.40 Å². The Bertz CT molecular complexity index is 3920. The van der Waals surface area contributed by atoms with Gasteiger partial charge >= 0.3 is 0 Å². The molecule has 0 atom stereocenters. The molecule has 1 aliphatic heterocycles. The molecule has 0 radical (unpaired) electrons. The number of benzene rings is 8. The Labute approximate surface area is 381 Å². The molecule has 308 valence electrons. The van der Waals surface area contributed by atoms with Crippen molar-refractivity contribution in [1.29, 1.82) is 0 Å². The van der Waals surface area contributed by atoms with E-state index in [1.54, 1.807) is 0 Å². The standard InChI is InChI=1S/C60H39N6/c1-39-30-33-55-61-54(34-39)51-29-15-28-50(56(51)47-26-14-27-49(37-47)60-65-57(42-19-7-3-8-20-42)64-59(66(55)60)43-21-9-4-10-22-43)45-24-13-25-46(36-45)53-38-52(41-17-5-2-6-18-41)62-58(63-53)48-32-31-40-16-11-12-23-44(40)35-48/h2-32,34-38H,1H3/q+1. The van der Waals surface area contributed by atoms with E-state index in [-0.39, 0.29) is 0 Å². The third-order valence-corrected chi connectivity index (χ3v) is 12.2. The molecule has 8 aromatic carbocycles. The van der Waals surface area contributed by atoms with Crippen molar-refractivity contribution in [1.82, 2.24) is 24.9 Å². The number of fused-ring (bicyclic) bond motifs is 11. The molecule has 0 aliphatic carbocycles. The third kappa shape index (κ3) is 7.14. The first-order chi connectivity index (χ1) is 32.6. The average molecular weight is 844 g/mol. The Kier molecular flexibility index (Phi) is 9.56. The van der Waals surface area contributed by atoms with Crippen LogP contribution >= 0.6 is 0 Å². The molecule has 0 saturated heterocycles. The van der Waals surface area contributed by atoms with Gasteiger partial charge in [0.25, 0.3) is 11.3 Å². The van der Waals surface area contributed by atoms with Crippen LogP contribution in [0.3, 0.4) is 0 Å². The van der Waals surface area contributed by atoms with E-state index < -0.39 is 0 Å². The highest BCUT2D eigenvalue weighted by Crippen LogP contribution is 2.37. The first-order valence-electron chi connectivity index (χ1n) is 22.1. The van der Waals surface area contributed by atoms with Gasteiger partial charge in [-0.15, -0.1) is 15.0 Å². The third-order valence-electron chi connectivity index (χ3n) is 12.2. The van der Waals surface area contributed by atoms with Crippen LogP contribution in [0.5, 0.6) is 0 Å². The molecule has 0 saturated carbocycles. The van der Waals surface area contributed by atoms with E-state index in [4.69, 9.17) is 24.9 Å². The van der Waals surface area contributed by atoms with Gasteiger partial charge in [-0.25, -0.2) is 9.97 Å². The average Bonchev–Trinajstić information content (AvgIpc) is 3.59. The summed E-state index contributed by atoms with van der Waals surface area (Å²) in [6, 6.07) is 71.6. The maximum absolute atomic E-state index is 5.48. The lowest BCUT2D eigenvalue weighted by atomic mass is 9.94. The van der Waals surface area contributed by atoms with Gasteiger partial charge in [0.05, 0.1) is 11.4 Å². The van der Waals surface area contributed by atoms with Gasteiger partial charge in [-0.2, -0.15) is 4.40 Å². The lowest BCUT2D eigenvalue weighted by molar-refractivity contribution is -0.523. The van der Waals surface area contributed by atoms with Crippen molar-refractivity contribution in [3.05, 3.63) is 229 Å². The Morgan fingerprint density at radius 1 is 0.409 bits per heavy atom. The Morgan fingerprint density at radius 2 is 1.03 bits per heavy atom. The summed E-state index contributed by atoms with van der Waals surface area (Å²) in [4.78, 5) is 26.5. The van der Waals surface area contributed by atoms with Gasteiger partial charge in [0.15, 0.2) is 5.82 Å². The fourth-order valence-corrected chi connectivity index (χ4v) is 8.97. The predicted octanol–water partition coefficient (Wildman–Crippen LogP) is 13.1. The van der Waals surface area contributed by atoms with E-state index in [1.807, 2.05) is 48.5 Å². The van der Waals surface area contributed by atoms with Crippen molar-refractivity contribution in [2.75, 3.05) is 0 Å². The SMILES string of the molecule is CC1=Cc2nc([n+]3c(-c4ccccc4)nc(-c4ccccc4)nc3c3cccc(c3)c3c(-c4cccc(-c5cc(-c6ccccc6)nc(-c6ccc7ccccc7c6)n5)c4)cccc23)=C=C1. The van der Waals surface area contributed by atoms with Crippen LogP contribution in [-0.4, -0.2) is 24.9 Å². The second kappa shape index (κ2) is 16.3. The molecule has 0 amide bonds. The van der Waals surface area contributed by atoms with Crippen LogP contribution < -0.4 is 9.88 Å². The normalized spacial score (nSPS) is 11.9. The predicted molar refractivity (Wildman–Crippen MR) is 268 cm³/mol. The van der Waals surface area contributed by atoms with Crippen LogP contribution in [0.4, 0.5) is 0 Å². The van der Waals surface area contributed by atoms with Crippen LogP contribution in [0, 0.1) is 0 Å². The first-order valence-corrected chi connectivity index (χ1v) is 22.1. The van der Waals surface area contributed by atoms with Gasteiger partial charge in [0.2, 0.25) is 11.5 Å². The number of hydrogen-bond acceptors (Lipinski definition) is 5. The van der Waals surface area contributed by atoms with Crippen molar-refractivity contribution in [3.8, 4) is 67.8 Å². The molecule has 0 N–H and O–H groups in total. The molecule has 3 aromatic heterocycles. The van der Waals surface area contributed by atoms with Crippen LogP contribution in [0.15, 0.2) is 218 Å². The summed E-state index contributed by atoms with van der Waals surface area (Å²) in [6.45, 7) is 2.09. The summed E-state index contributed by atoms with van der Waals surface area (Å²) in [6.07, 6.45) is 4.15. The highest BCUT2D eigenvalue weighted by molar-refractivity contribution is 6.10. The van der Waals surface area contributed by atoms with Crippen LogP contribution in [-0.2, 0) is 0 Å². The summed E-state index contributed by atoms with van der Waals surface area (Å²) in [5.41, 5.74) is 15.4. The molecule has 4 bridgehead atoms. The minimum Gasteiger partial charge on any atom is -0.228 e. The van der Waals surface area contributed by atoms with Crippen LogP contribution in [0.25, 0.3) is 118 Å². The maximum atomic E-state index is 5.48. The summed E-state index contributed by atoms with van der Waals surface area (Å²) >= 11 is 0. The maximum Gasteiger partial charge on any atom is 0.283 e. The molecule has 0 spiro atoms. The fourth-order valence-electron chi connectivity index (χ4n) is 8.97. The van der Waals surface area contributed by atoms with Gasteiger partial charge in [0, 0.05) is 44.0 Å². The highest BCUT2D eigenvalue weighted by atomic mass is 15.1. The molecular weight excluding hydrogens is 805 g/mol. The highest BCUT2D eigenvalue weighted by Gasteiger charge is 2.22. The van der Waals surface area contributed by atoms with Crippen molar-refractivity contribution in [2.24, 2.45) is 0 Å². The molecule has 6 nitrogen and oxygen atoms in total. The summed E-state index contributed by atoms with van der Waals surface area (Å²) in [5, 5.41) is 6.37. The minimum absolute atomic E-state index is 0.595. The second-order valence-corrected chi connectivity index (χ2v) is 16.5. The summed E-state index contributed by atoms with van der Waals surface area (Å²) in [5.74, 6) is 2.02. The zero-order valence-electron chi connectivity index (χ0n) is 36.0. The van der Waals surface area contributed by atoms with Gasteiger partial charge in [-0.1, -0.05) is 152 Å². The van der Waals surface area contributed by atoms with Crippen molar-refractivity contribution in [3.63, 3.8) is 0 Å². The molecular formula is C60H39N6+. The lowest BCUT2D eigenvalue weighted by Gasteiger charge is -2.13. The molecule has 11 aromatic rings. The largest absolute Gasteiger partial charge is 0.283 e. The zero-order chi connectivity index (χ0) is 44.0. The van der Waals surface area contributed by atoms with Gasteiger partial charge in [-0.3, -0.25) is 0 Å². The topological polar surface area (TPSA) is 68.6 Å². The summed E-state index contributed by atoms with van der Waals surface area (Å²) in [7, 11) is 0. The van der Waals surface area contributed by atoms with E-state index >= 15 is 0 Å².